The Kier molecular flexibility index (Phi) is 4.68. The van der Waals surface area contributed by atoms with E-state index in [2.05, 4.69) is 52.9 Å². The first-order chi connectivity index (χ1) is 8.61. The number of halogens is 1. The van der Waals surface area contributed by atoms with Gasteiger partial charge in [0.05, 0.1) is 0 Å². The summed E-state index contributed by atoms with van der Waals surface area (Å²) in [6, 6.07) is 6.42. The molecule has 100 valence electrons. The monoisotopic (exact) mass is 310 g/mol. The lowest BCUT2D eigenvalue weighted by Crippen LogP contribution is -2.35. The lowest BCUT2D eigenvalue weighted by molar-refractivity contribution is 0.311. The maximum atomic E-state index is 5.84. The Bertz CT molecular complexity index is 395. The molecule has 1 aromatic rings. The van der Waals surface area contributed by atoms with Crippen LogP contribution in [0.2, 0.25) is 0 Å². The molecule has 2 rings (SSSR count). The third-order valence-electron chi connectivity index (χ3n) is 4.09. The van der Waals surface area contributed by atoms with Gasteiger partial charge in [-0.05, 0) is 42.4 Å². The Hall–Kier alpha value is -0.540. The van der Waals surface area contributed by atoms with Crippen molar-refractivity contribution in [2.24, 2.45) is 17.6 Å². The first-order valence-corrected chi connectivity index (χ1v) is 7.64. The van der Waals surface area contributed by atoms with E-state index in [0.29, 0.717) is 6.54 Å². The van der Waals surface area contributed by atoms with E-state index in [9.17, 15) is 0 Å². The highest BCUT2D eigenvalue weighted by atomic mass is 79.9. The molecule has 0 atom stereocenters. The maximum absolute atomic E-state index is 5.84. The predicted octanol–water partition coefficient (Wildman–Crippen LogP) is 3.78. The second-order valence-corrected chi connectivity index (χ2v) is 6.46. The van der Waals surface area contributed by atoms with E-state index in [-0.39, 0.29) is 0 Å². The molecule has 1 saturated heterocycles. The van der Waals surface area contributed by atoms with Crippen LogP contribution in [0.4, 0.5) is 5.69 Å². The fourth-order valence-corrected chi connectivity index (χ4v) is 3.16. The number of hydrogen-bond acceptors (Lipinski definition) is 2. The fourth-order valence-electron chi connectivity index (χ4n) is 2.81. The van der Waals surface area contributed by atoms with Crippen LogP contribution >= 0.6 is 15.9 Å². The molecule has 1 fully saturated rings. The Morgan fingerprint density at radius 1 is 1.33 bits per heavy atom. The van der Waals surface area contributed by atoms with Crippen LogP contribution in [-0.4, -0.2) is 13.1 Å². The van der Waals surface area contributed by atoms with Crippen molar-refractivity contribution in [3.8, 4) is 0 Å². The smallest absolute Gasteiger partial charge is 0.0423 e. The van der Waals surface area contributed by atoms with Crippen LogP contribution < -0.4 is 10.6 Å². The van der Waals surface area contributed by atoms with Gasteiger partial charge < -0.3 is 10.6 Å². The minimum Gasteiger partial charge on any atom is -0.371 e. The van der Waals surface area contributed by atoms with E-state index in [1.165, 1.54) is 24.1 Å². The Labute approximate surface area is 119 Å². The molecule has 0 aliphatic carbocycles. The summed E-state index contributed by atoms with van der Waals surface area (Å²) < 4.78 is 1.14. The number of hydrogen-bond donors (Lipinski definition) is 1. The van der Waals surface area contributed by atoms with Gasteiger partial charge in [-0.1, -0.05) is 35.8 Å². The second-order valence-electron chi connectivity index (χ2n) is 5.55. The van der Waals surface area contributed by atoms with Gasteiger partial charge in [0.1, 0.15) is 0 Å². The molecule has 0 unspecified atom stereocenters. The molecule has 2 N–H and O–H groups in total. The first-order valence-electron chi connectivity index (χ1n) is 6.85. The summed E-state index contributed by atoms with van der Waals surface area (Å²) >= 11 is 3.56. The average Bonchev–Trinajstić information content (AvgIpc) is 2.39. The molecule has 0 bridgehead atoms. The number of nitrogens with zero attached hydrogens (tertiary/aromatic N) is 1. The molecule has 1 aliphatic heterocycles. The number of anilines is 1. The summed E-state index contributed by atoms with van der Waals surface area (Å²) in [6.07, 6.45) is 2.60. The molecule has 18 heavy (non-hydrogen) atoms. The zero-order chi connectivity index (χ0) is 13.1. The quantitative estimate of drug-likeness (QED) is 0.920. The molecule has 0 aromatic heterocycles. The Morgan fingerprint density at radius 3 is 2.56 bits per heavy atom. The number of rotatable bonds is 3. The van der Waals surface area contributed by atoms with Crippen molar-refractivity contribution in [2.45, 2.75) is 33.2 Å². The van der Waals surface area contributed by atoms with Gasteiger partial charge in [0.15, 0.2) is 0 Å². The van der Waals surface area contributed by atoms with Crippen molar-refractivity contribution in [1.82, 2.24) is 0 Å². The van der Waals surface area contributed by atoms with Gasteiger partial charge in [-0.2, -0.15) is 0 Å². The maximum Gasteiger partial charge on any atom is 0.0423 e. The Balaban J connectivity index is 2.11. The van der Waals surface area contributed by atoms with E-state index >= 15 is 0 Å². The molecule has 0 amide bonds. The third-order valence-corrected chi connectivity index (χ3v) is 4.58. The van der Waals surface area contributed by atoms with Gasteiger partial charge >= 0.3 is 0 Å². The van der Waals surface area contributed by atoms with Gasteiger partial charge in [0, 0.05) is 29.8 Å². The highest BCUT2D eigenvalue weighted by molar-refractivity contribution is 9.10. The predicted molar refractivity (Wildman–Crippen MR) is 81.8 cm³/mol. The van der Waals surface area contributed by atoms with Crippen LogP contribution in [0.15, 0.2) is 22.7 Å². The summed E-state index contributed by atoms with van der Waals surface area (Å²) in [7, 11) is 0. The van der Waals surface area contributed by atoms with Crippen molar-refractivity contribution in [3.63, 3.8) is 0 Å². The highest BCUT2D eigenvalue weighted by Gasteiger charge is 2.22. The highest BCUT2D eigenvalue weighted by Crippen LogP contribution is 2.31. The molecular formula is C15H23BrN2. The van der Waals surface area contributed by atoms with Crippen LogP contribution in [0.5, 0.6) is 0 Å². The minimum absolute atomic E-state index is 0.618. The van der Waals surface area contributed by atoms with Crippen LogP contribution in [0.25, 0.3) is 0 Å². The van der Waals surface area contributed by atoms with Crippen molar-refractivity contribution in [2.75, 3.05) is 18.0 Å². The van der Waals surface area contributed by atoms with Crippen molar-refractivity contribution in [1.29, 1.82) is 0 Å². The van der Waals surface area contributed by atoms with Crippen molar-refractivity contribution >= 4 is 21.6 Å². The van der Waals surface area contributed by atoms with Gasteiger partial charge in [-0.25, -0.2) is 0 Å². The number of nitrogens with two attached hydrogens (primary N) is 1. The Morgan fingerprint density at radius 2 is 2.00 bits per heavy atom. The standard InChI is InChI=1S/C15H23BrN2/c1-11(2)12-5-7-18(8-6-12)15-9-14(16)4-3-13(15)10-17/h3-4,9,11-12H,5-8,10,17H2,1-2H3. The van der Waals surface area contributed by atoms with Crippen molar-refractivity contribution in [3.05, 3.63) is 28.2 Å². The second kappa shape index (κ2) is 6.07. The topological polar surface area (TPSA) is 29.3 Å². The van der Waals surface area contributed by atoms with E-state index in [1.807, 2.05) is 0 Å². The summed E-state index contributed by atoms with van der Waals surface area (Å²) in [5.74, 6) is 1.69. The molecule has 2 nitrogen and oxygen atoms in total. The van der Waals surface area contributed by atoms with Crippen LogP contribution in [0.1, 0.15) is 32.3 Å². The largest absolute Gasteiger partial charge is 0.371 e. The summed E-state index contributed by atoms with van der Waals surface area (Å²) in [5.41, 5.74) is 8.41. The summed E-state index contributed by atoms with van der Waals surface area (Å²) in [4.78, 5) is 2.49. The van der Waals surface area contributed by atoms with Crippen LogP contribution in [0, 0.1) is 11.8 Å². The number of benzene rings is 1. The SMILES string of the molecule is CC(C)C1CCN(c2cc(Br)ccc2CN)CC1. The molecule has 0 radical (unpaired) electrons. The van der Waals surface area contributed by atoms with Gasteiger partial charge in [0.25, 0.3) is 0 Å². The molecule has 1 aromatic carbocycles. The zero-order valence-corrected chi connectivity index (χ0v) is 12.9. The van der Waals surface area contributed by atoms with Crippen LogP contribution in [0.3, 0.4) is 0 Å². The summed E-state index contributed by atoms with van der Waals surface area (Å²) in [5, 5.41) is 0. The molecular weight excluding hydrogens is 288 g/mol. The summed E-state index contributed by atoms with van der Waals surface area (Å²) in [6.45, 7) is 7.61. The number of piperidine rings is 1. The van der Waals surface area contributed by atoms with Gasteiger partial charge in [0.2, 0.25) is 0 Å². The first kappa shape index (κ1) is 13.9. The molecule has 3 heteroatoms. The lowest BCUT2D eigenvalue weighted by atomic mass is 9.86. The van der Waals surface area contributed by atoms with E-state index < -0.39 is 0 Å². The van der Waals surface area contributed by atoms with Crippen molar-refractivity contribution < 1.29 is 0 Å². The lowest BCUT2D eigenvalue weighted by Gasteiger charge is -2.36. The molecule has 0 spiro atoms. The zero-order valence-electron chi connectivity index (χ0n) is 11.3. The normalized spacial score (nSPS) is 17.5. The molecule has 1 heterocycles. The molecule has 1 aliphatic rings. The van der Waals surface area contributed by atoms with E-state index in [4.69, 9.17) is 5.73 Å². The van der Waals surface area contributed by atoms with E-state index in [0.717, 1.165) is 29.4 Å². The van der Waals surface area contributed by atoms with Gasteiger partial charge in [-0.15, -0.1) is 0 Å². The molecule has 0 saturated carbocycles. The van der Waals surface area contributed by atoms with E-state index in [1.54, 1.807) is 0 Å². The minimum atomic E-state index is 0.618. The van der Waals surface area contributed by atoms with Gasteiger partial charge in [-0.3, -0.25) is 0 Å². The average molecular weight is 311 g/mol. The fraction of sp³-hybridized carbons (Fsp3) is 0.600. The van der Waals surface area contributed by atoms with Crippen LogP contribution in [-0.2, 0) is 6.54 Å². The third kappa shape index (κ3) is 3.07.